The second-order valence-corrected chi connectivity index (χ2v) is 5.63. The van der Waals surface area contributed by atoms with E-state index in [1.165, 1.54) is 16.8 Å². The average Bonchev–Trinajstić information content (AvgIpc) is 3.00. The van der Waals surface area contributed by atoms with Gasteiger partial charge in [0, 0.05) is 25.7 Å². The van der Waals surface area contributed by atoms with Crippen LogP contribution in [-0.4, -0.2) is 54.0 Å². The quantitative estimate of drug-likeness (QED) is 0.820. The van der Waals surface area contributed by atoms with Crippen LogP contribution in [0.2, 0.25) is 0 Å². The van der Waals surface area contributed by atoms with E-state index in [9.17, 15) is 19.2 Å². The van der Waals surface area contributed by atoms with E-state index in [2.05, 4.69) is 0 Å². The van der Waals surface area contributed by atoms with E-state index in [4.69, 9.17) is 5.11 Å². The van der Waals surface area contributed by atoms with Gasteiger partial charge in [0.05, 0.1) is 11.6 Å². The number of carboxylic acids is 1. The van der Waals surface area contributed by atoms with Crippen molar-refractivity contribution in [3.8, 4) is 0 Å². The topological polar surface area (TPSA) is 98.2 Å². The van der Waals surface area contributed by atoms with Gasteiger partial charge in [-0.25, -0.2) is 9.69 Å². The van der Waals surface area contributed by atoms with E-state index in [1.54, 1.807) is 24.3 Å². The number of hydrogen-bond donors (Lipinski definition) is 1. The van der Waals surface area contributed by atoms with Gasteiger partial charge in [0.2, 0.25) is 5.91 Å². The van der Waals surface area contributed by atoms with Crippen LogP contribution in [0.5, 0.6) is 0 Å². The molecule has 120 valence electrons. The van der Waals surface area contributed by atoms with Crippen LogP contribution in [0.1, 0.15) is 6.42 Å². The number of carboxylic acid groups (broad SMARTS) is 1. The SMILES string of the molecule is CN1CC(=O)N(c2cccc(N3C[C@H](C(=O)O)CC3=O)c2)C1=O. The molecule has 1 aromatic carbocycles. The van der Waals surface area contributed by atoms with Crippen LogP contribution in [0, 0.1) is 5.92 Å². The molecule has 1 aromatic rings. The molecule has 3 rings (SSSR count). The lowest BCUT2D eigenvalue weighted by atomic mass is 10.1. The molecule has 2 aliphatic heterocycles. The van der Waals surface area contributed by atoms with Gasteiger partial charge in [0.1, 0.15) is 6.54 Å². The molecule has 0 radical (unpaired) electrons. The first-order valence-electron chi connectivity index (χ1n) is 7.10. The maximum absolute atomic E-state index is 12.0. The summed E-state index contributed by atoms with van der Waals surface area (Å²) in [4.78, 5) is 50.7. The smallest absolute Gasteiger partial charge is 0.331 e. The Hall–Kier alpha value is -2.90. The Labute approximate surface area is 131 Å². The Morgan fingerprint density at radius 1 is 1.17 bits per heavy atom. The van der Waals surface area contributed by atoms with Crippen molar-refractivity contribution in [1.82, 2.24) is 4.90 Å². The molecule has 0 unspecified atom stereocenters. The second-order valence-electron chi connectivity index (χ2n) is 5.63. The van der Waals surface area contributed by atoms with Gasteiger partial charge in [-0.2, -0.15) is 0 Å². The maximum Gasteiger partial charge on any atom is 0.331 e. The molecule has 2 fully saturated rings. The van der Waals surface area contributed by atoms with Crippen LogP contribution in [0.25, 0.3) is 0 Å². The van der Waals surface area contributed by atoms with Crippen LogP contribution >= 0.6 is 0 Å². The predicted molar refractivity (Wildman–Crippen MR) is 80.0 cm³/mol. The second kappa shape index (κ2) is 5.38. The highest BCUT2D eigenvalue weighted by Gasteiger charge is 2.37. The summed E-state index contributed by atoms with van der Waals surface area (Å²) in [5, 5.41) is 9.04. The van der Waals surface area contributed by atoms with Gasteiger partial charge < -0.3 is 14.9 Å². The number of hydrogen-bond acceptors (Lipinski definition) is 4. The molecule has 0 spiro atoms. The van der Waals surface area contributed by atoms with Crippen molar-refractivity contribution in [2.45, 2.75) is 6.42 Å². The first kappa shape index (κ1) is 15.0. The predicted octanol–water partition coefficient (Wildman–Crippen LogP) is 0.522. The van der Waals surface area contributed by atoms with Crippen molar-refractivity contribution in [1.29, 1.82) is 0 Å². The van der Waals surface area contributed by atoms with Crippen molar-refractivity contribution in [2.75, 3.05) is 29.9 Å². The Morgan fingerprint density at radius 3 is 2.43 bits per heavy atom. The summed E-state index contributed by atoms with van der Waals surface area (Å²) >= 11 is 0. The Bertz CT molecular complexity index is 717. The highest BCUT2D eigenvalue weighted by molar-refractivity contribution is 6.20. The molecule has 0 aromatic heterocycles. The monoisotopic (exact) mass is 317 g/mol. The molecule has 8 nitrogen and oxygen atoms in total. The normalized spacial score (nSPS) is 21.5. The minimum Gasteiger partial charge on any atom is -0.481 e. The molecule has 0 bridgehead atoms. The Kier molecular flexibility index (Phi) is 3.51. The average molecular weight is 317 g/mol. The van der Waals surface area contributed by atoms with Crippen LogP contribution in [0.3, 0.4) is 0 Å². The molecule has 2 aliphatic rings. The number of aliphatic carboxylic acids is 1. The van der Waals surface area contributed by atoms with E-state index >= 15 is 0 Å². The van der Waals surface area contributed by atoms with Crippen LogP contribution < -0.4 is 9.80 Å². The molecule has 0 aliphatic carbocycles. The van der Waals surface area contributed by atoms with Gasteiger partial charge in [-0.15, -0.1) is 0 Å². The summed E-state index contributed by atoms with van der Waals surface area (Å²) < 4.78 is 0. The van der Waals surface area contributed by atoms with E-state index in [1.807, 2.05) is 0 Å². The van der Waals surface area contributed by atoms with Crippen molar-refractivity contribution in [2.24, 2.45) is 5.92 Å². The van der Waals surface area contributed by atoms with Gasteiger partial charge in [-0.1, -0.05) is 6.07 Å². The third-order valence-electron chi connectivity index (χ3n) is 4.01. The molecule has 1 atom stereocenters. The molecule has 2 heterocycles. The fourth-order valence-electron chi connectivity index (χ4n) is 2.80. The number of urea groups is 1. The number of rotatable bonds is 3. The first-order chi connectivity index (χ1) is 10.9. The first-order valence-corrected chi connectivity index (χ1v) is 7.10. The molecular formula is C15H15N3O5. The Morgan fingerprint density at radius 2 is 1.87 bits per heavy atom. The Balaban J connectivity index is 1.89. The molecule has 1 N–H and O–H groups in total. The minimum atomic E-state index is -1.01. The number of anilines is 2. The van der Waals surface area contributed by atoms with Gasteiger partial charge in [0.15, 0.2) is 0 Å². The summed E-state index contributed by atoms with van der Waals surface area (Å²) in [5.74, 6) is -2.38. The number of likely N-dealkylation sites (N-methyl/N-ethyl adjacent to an activating group) is 1. The third-order valence-corrected chi connectivity index (χ3v) is 4.01. The van der Waals surface area contributed by atoms with Gasteiger partial charge in [-0.05, 0) is 18.2 Å². The highest BCUT2D eigenvalue weighted by Crippen LogP contribution is 2.30. The summed E-state index contributed by atoms with van der Waals surface area (Å²) in [6.45, 7) is 0.0895. The number of imide groups is 1. The zero-order valence-corrected chi connectivity index (χ0v) is 12.4. The lowest BCUT2D eigenvalue weighted by Gasteiger charge is -2.19. The van der Waals surface area contributed by atoms with E-state index < -0.39 is 17.9 Å². The van der Waals surface area contributed by atoms with Crippen molar-refractivity contribution in [3.05, 3.63) is 24.3 Å². The van der Waals surface area contributed by atoms with Gasteiger partial charge in [-0.3, -0.25) is 14.4 Å². The number of amides is 4. The minimum absolute atomic E-state index is 0.00674. The molecule has 23 heavy (non-hydrogen) atoms. The zero-order chi connectivity index (χ0) is 16.7. The molecule has 0 saturated carbocycles. The van der Waals surface area contributed by atoms with Crippen molar-refractivity contribution in [3.63, 3.8) is 0 Å². The lowest BCUT2D eigenvalue weighted by molar-refractivity contribution is -0.141. The molecule has 8 heteroatoms. The molecular weight excluding hydrogens is 302 g/mol. The number of nitrogens with zero attached hydrogens (tertiary/aromatic N) is 3. The molecule has 4 amide bonds. The summed E-state index contributed by atoms with van der Waals surface area (Å²) in [5.41, 5.74) is 0.847. The summed E-state index contributed by atoms with van der Waals surface area (Å²) in [6.07, 6.45) is -0.0517. The fourth-order valence-corrected chi connectivity index (χ4v) is 2.80. The zero-order valence-electron chi connectivity index (χ0n) is 12.4. The van der Waals surface area contributed by atoms with E-state index in [0.29, 0.717) is 11.4 Å². The highest BCUT2D eigenvalue weighted by atomic mass is 16.4. The number of carbonyl (C=O) groups is 4. The standard InChI is InChI=1S/C15H15N3O5/c1-16-8-13(20)18(15(16)23)11-4-2-3-10(6-11)17-7-9(14(21)22)5-12(17)19/h2-4,6,9H,5,7-8H2,1H3,(H,21,22)/t9-/m1/s1. The number of benzene rings is 1. The fraction of sp³-hybridized carbons (Fsp3) is 0.333. The third kappa shape index (κ3) is 2.52. The summed E-state index contributed by atoms with van der Waals surface area (Å²) in [7, 11) is 1.53. The van der Waals surface area contributed by atoms with Crippen LogP contribution in [0.15, 0.2) is 24.3 Å². The largest absolute Gasteiger partial charge is 0.481 e. The van der Waals surface area contributed by atoms with Crippen molar-refractivity contribution >= 4 is 35.2 Å². The summed E-state index contributed by atoms with van der Waals surface area (Å²) in [6, 6.07) is 6.01. The van der Waals surface area contributed by atoms with Gasteiger partial charge >= 0.3 is 12.0 Å². The van der Waals surface area contributed by atoms with E-state index in [-0.39, 0.29) is 31.3 Å². The maximum atomic E-state index is 12.0. The van der Waals surface area contributed by atoms with Crippen molar-refractivity contribution < 1.29 is 24.3 Å². The molecule has 2 saturated heterocycles. The van der Waals surface area contributed by atoms with Crippen LogP contribution in [0.4, 0.5) is 16.2 Å². The van der Waals surface area contributed by atoms with Crippen LogP contribution in [-0.2, 0) is 14.4 Å². The van der Waals surface area contributed by atoms with Gasteiger partial charge in [0.25, 0.3) is 5.91 Å². The number of carbonyl (C=O) groups excluding carboxylic acids is 3. The van der Waals surface area contributed by atoms with E-state index in [0.717, 1.165) is 4.90 Å². The lowest BCUT2D eigenvalue weighted by Crippen LogP contribution is -2.32.